The quantitative estimate of drug-likeness (QED) is 0.364. The van der Waals surface area contributed by atoms with Gasteiger partial charge in [0.1, 0.15) is 22.2 Å². The molecular formula is C19H13ClN2O5S2. The van der Waals surface area contributed by atoms with Gasteiger partial charge in [-0.1, -0.05) is 53.8 Å². The first-order valence-corrected chi connectivity index (χ1v) is 9.72. The number of carbonyl (C=O) groups excluding carboxylic acids is 2. The van der Waals surface area contributed by atoms with Crippen LogP contribution in [0.1, 0.15) is 15.9 Å². The topological polar surface area (TPSA) is 107 Å². The Balaban J connectivity index is 1.72. The number of hydrogen-bond donors (Lipinski definition) is 3. The van der Waals surface area contributed by atoms with Crippen molar-refractivity contribution in [1.29, 1.82) is 0 Å². The van der Waals surface area contributed by atoms with Crippen LogP contribution in [0.4, 0.5) is 5.69 Å². The molecule has 0 saturated carbocycles. The van der Waals surface area contributed by atoms with Crippen LogP contribution in [0.5, 0.6) is 5.75 Å². The molecule has 3 rings (SSSR count). The van der Waals surface area contributed by atoms with Crippen LogP contribution < -0.4 is 5.32 Å². The molecular weight excluding hydrogens is 436 g/mol. The number of benzene rings is 2. The number of aromatic hydroxyl groups is 1. The standard InChI is InChI=1S/C19H13ClN2O5S2/c20-13-4-2-1-3-10(13)7-15-17(25)22(19(28)29-15)9-16(24)21-11-5-6-14(23)12(8-11)18(26)27/h1-8,23H,9H2,(H,21,24)(H,26,27). The average Bonchev–Trinajstić information content (AvgIpc) is 2.92. The largest absolute Gasteiger partial charge is 0.507 e. The Labute approximate surface area is 180 Å². The maximum Gasteiger partial charge on any atom is 0.339 e. The fourth-order valence-electron chi connectivity index (χ4n) is 2.50. The molecule has 29 heavy (non-hydrogen) atoms. The molecule has 1 aliphatic rings. The molecule has 0 aliphatic carbocycles. The number of rotatable bonds is 5. The molecule has 1 aliphatic heterocycles. The summed E-state index contributed by atoms with van der Waals surface area (Å²) in [5.41, 5.74) is 0.475. The van der Waals surface area contributed by atoms with E-state index in [0.29, 0.717) is 15.5 Å². The van der Waals surface area contributed by atoms with Crippen molar-refractivity contribution in [2.45, 2.75) is 0 Å². The van der Waals surface area contributed by atoms with E-state index < -0.39 is 23.5 Å². The number of phenols is 1. The van der Waals surface area contributed by atoms with E-state index in [1.54, 1.807) is 30.3 Å². The van der Waals surface area contributed by atoms with Gasteiger partial charge in [0.25, 0.3) is 5.91 Å². The van der Waals surface area contributed by atoms with E-state index in [-0.39, 0.29) is 22.1 Å². The minimum Gasteiger partial charge on any atom is -0.507 e. The third-order valence-electron chi connectivity index (χ3n) is 3.88. The highest BCUT2D eigenvalue weighted by molar-refractivity contribution is 8.26. The summed E-state index contributed by atoms with van der Waals surface area (Å²) in [7, 11) is 0. The van der Waals surface area contributed by atoms with Crippen molar-refractivity contribution in [3.63, 3.8) is 0 Å². The number of carboxylic acid groups (broad SMARTS) is 1. The van der Waals surface area contributed by atoms with E-state index in [9.17, 15) is 19.5 Å². The van der Waals surface area contributed by atoms with Crippen LogP contribution >= 0.6 is 35.6 Å². The molecule has 1 saturated heterocycles. The molecule has 7 nitrogen and oxygen atoms in total. The van der Waals surface area contributed by atoms with Crippen LogP contribution in [-0.4, -0.2) is 43.8 Å². The minimum atomic E-state index is -1.33. The van der Waals surface area contributed by atoms with E-state index in [4.69, 9.17) is 28.9 Å². The second kappa shape index (κ2) is 8.64. The molecule has 0 unspecified atom stereocenters. The van der Waals surface area contributed by atoms with Crippen LogP contribution in [0.25, 0.3) is 6.08 Å². The van der Waals surface area contributed by atoms with Gasteiger partial charge in [0.05, 0.1) is 4.91 Å². The number of carbonyl (C=O) groups is 3. The predicted octanol–water partition coefficient (Wildman–Crippen LogP) is 3.58. The summed E-state index contributed by atoms with van der Waals surface area (Å²) in [5, 5.41) is 21.5. The fourth-order valence-corrected chi connectivity index (χ4v) is 3.94. The molecule has 0 aromatic heterocycles. The lowest BCUT2D eigenvalue weighted by molar-refractivity contribution is -0.126. The van der Waals surface area contributed by atoms with Crippen molar-refractivity contribution in [1.82, 2.24) is 4.90 Å². The van der Waals surface area contributed by atoms with Gasteiger partial charge in [0, 0.05) is 10.7 Å². The van der Waals surface area contributed by atoms with Crippen LogP contribution in [0.2, 0.25) is 5.02 Å². The van der Waals surface area contributed by atoms with Crippen LogP contribution in [0, 0.1) is 0 Å². The van der Waals surface area contributed by atoms with Gasteiger partial charge in [-0.3, -0.25) is 14.5 Å². The fraction of sp³-hybridized carbons (Fsp3) is 0.0526. The molecule has 0 radical (unpaired) electrons. The van der Waals surface area contributed by atoms with Crippen LogP contribution in [-0.2, 0) is 9.59 Å². The second-order valence-corrected chi connectivity index (χ2v) is 7.96. The minimum absolute atomic E-state index is 0.169. The second-order valence-electron chi connectivity index (χ2n) is 5.87. The number of aromatic carboxylic acids is 1. The van der Waals surface area contributed by atoms with Crippen molar-refractivity contribution in [2.24, 2.45) is 0 Å². The molecule has 10 heteroatoms. The lowest BCUT2D eigenvalue weighted by atomic mass is 10.2. The number of halogens is 1. The van der Waals surface area contributed by atoms with Gasteiger partial charge in [-0.25, -0.2) is 4.79 Å². The van der Waals surface area contributed by atoms with Crippen molar-refractivity contribution in [2.75, 3.05) is 11.9 Å². The zero-order chi connectivity index (χ0) is 21.1. The highest BCUT2D eigenvalue weighted by atomic mass is 35.5. The number of amides is 2. The van der Waals surface area contributed by atoms with Gasteiger partial charge >= 0.3 is 5.97 Å². The first-order valence-electron chi connectivity index (χ1n) is 8.12. The van der Waals surface area contributed by atoms with E-state index in [1.165, 1.54) is 6.07 Å². The summed E-state index contributed by atoms with van der Waals surface area (Å²) in [4.78, 5) is 37.5. The molecule has 148 valence electrons. The first-order chi connectivity index (χ1) is 13.8. The summed E-state index contributed by atoms with van der Waals surface area (Å²) in [5.74, 6) is -2.74. The summed E-state index contributed by atoms with van der Waals surface area (Å²) >= 11 is 12.4. The summed E-state index contributed by atoms with van der Waals surface area (Å²) in [6.07, 6.45) is 1.61. The van der Waals surface area contributed by atoms with Gasteiger partial charge < -0.3 is 15.5 Å². The zero-order valence-electron chi connectivity index (χ0n) is 14.6. The number of carboxylic acids is 1. The average molecular weight is 449 g/mol. The summed E-state index contributed by atoms with van der Waals surface area (Å²) in [6.45, 7) is -0.339. The predicted molar refractivity (Wildman–Crippen MR) is 115 cm³/mol. The highest BCUT2D eigenvalue weighted by Crippen LogP contribution is 2.33. The Morgan fingerprint density at radius 2 is 1.97 bits per heavy atom. The molecule has 1 fully saturated rings. The monoisotopic (exact) mass is 448 g/mol. The van der Waals surface area contributed by atoms with Crippen molar-refractivity contribution >= 4 is 69.4 Å². The Bertz CT molecular complexity index is 1070. The lowest BCUT2D eigenvalue weighted by Gasteiger charge is -2.14. The van der Waals surface area contributed by atoms with Crippen molar-refractivity contribution in [3.05, 3.63) is 63.5 Å². The number of thiocarbonyl (C=S) groups is 1. The third kappa shape index (κ3) is 4.76. The van der Waals surface area contributed by atoms with Gasteiger partial charge in [-0.15, -0.1) is 0 Å². The number of anilines is 1. The Morgan fingerprint density at radius 1 is 1.24 bits per heavy atom. The van der Waals surface area contributed by atoms with E-state index in [2.05, 4.69) is 5.32 Å². The molecule has 2 aromatic carbocycles. The molecule has 3 N–H and O–H groups in total. The maximum atomic E-state index is 12.6. The maximum absolute atomic E-state index is 12.6. The summed E-state index contributed by atoms with van der Waals surface area (Å²) < 4.78 is 0.223. The SMILES string of the molecule is O=C(CN1C(=O)C(=Cc2ccccc2Cl)SC1=S)Nc1ccc(O)c(C(=O)O)c1. The lowest BCUT2D eigenvalue weighted by Crippen LogP contribution is -2.36. The molecule has 0 spiro atoms. The number of thioether (sulfide) groups is 1. The smallest absolute Gasteiger partial charge is 0.339 e. The Kier molecular flexibility index (Phi) is 6.21. The van der Waals surface area contributed by atoms with Crippen LogP contribution in [0.3, 0.4) is 0 Å². The molecule has 0 bridgehead atoms. The van der Waals surface area contributed by atoms with Gasteiger partial charge in [0.15, 0.2) is 0 Å². The van der Waals surface area contributed by atoms with Crippen LogP contribution in [0.15, 0.2) is 47.4 Å². The molecule has 0 atom stereocenters. The normalized spacial score (nSPS) is 15.1. The first kappa shape index (κ1) is 20.8. The van der Waals surface area contributed by atoms with E-state index in [1.807, 2.05) is 0 Å². The zero-order valence-corrected chi connectivity index (χ0v) is 17.0. The van der Waals surface area contributed by atoms with Crippen molar-refractivity contribution < 1.29 is 24.6 Å². The molecule has 2 aromatic rings. The highest BCUT2D eigenvalue weighted by Gasteiger charge is 2.33. The number of nitrogens with zero attached hydrogens (tertiary/aromatic N) is 1. The Hall–Kier alpha value is -2.88. The third-order valence-corrected chi connectivity index (χ3v) is 5.60. The van der Waals surface area contributed by atoms with Gasteiger partial charge in [-0.05, 0) is 35.9 Å². The number of hydrogen-bond acceptors (Lipinski definition) is 6. The van der Waals surface area contributed by atoms with E-state index >= 15 is 0 Å². The summed E-state index contributed by atoms with van der Waals surface area (Å²) in [6, 6.07) is 10.6. The number of nitrogens with one attached hydrogen (secondary N) is 1. The van der Waals surface area contributed by atoms with Crippen molar-refractivity contribution in [3.8, 4) is 5.75 Å². The van der Waals surface area contributed by atoms with Gasteiger partial charge in [-0.2, -0.15) is 0 Å². The van der Waals surface area contributed by atoms with E-state index in [0.717, 1.165) is 28.8 Å². The molecule has 1 heterocycles. The molecule has 2 amide bonds. The van der Waals surface area contributed by atoms with Gasteiger partial charge in [0.2, 0.25) is 5.91 Å². The Morgan fingerprint density at radius 3 is 2.66 bits per heavy atom.